The van der Waals surface area contributed by atoms with Crippen molar-refractivity contribution in [3.8, 4) is 74.7 Å². The molecule has 102 heavy (non-hydrogen) atoms. The van der Waals surface area contributed by atoms with Gasteiger partial charge in [-0.25, -0.2) is 14.4 Å². The second kappa shape index (κ2) is 36.4. The molecule has 0 saturated heterocycles. The van der Waals surface area contributed by atoms with Gasteiger partial charge in [-0.3, -0.25) is 0 Å². The van der Waals surface area contributed by atoms with Crippen molar-refractivity contribution in [1.29, 1.82) is 0 Å². The Bertz CT molecular complexity index is 4630. The third kappa shape index (κ3) is 24.3. The Morgan fingerprint density at radius 1 is 0.196 bits per heavy atom. The Morgan fingerprint density at radius 3 is 0.735 bits per heavy atom. The monoisotopic (exact) mass is 1360 g/mol. The molecule has 0 unspecified atom stereocenters. The zero-order valence-corrected chi connectivity index (χ0v) is 56.5. The molecular weight excluding hydrogens is 1280 g/mol. The van der Waals surface area contributed by atoms with Gasteiger partial charge in [0.25, 0.3) is 0 Å². The van der Waals surface area contributed by atoms with Gasteiger partial charge >= 0.3 is 17.9 Å². The van der Waals surface area contributed by atoms with E-state index in [1.807, 2.05) is 234 Å². The molecule has 0 aliphatic heterocycles. The third-order valence-electron chi connectivity index (χ3n) is 14.4. The van der Waals surface area contributed by atoms with E-state index in [4.69, 9.17) is 72.3 Å². The van der Waals surface area contributed by atoms with Crippen LogP contribution < -0.4 is 72.3 Å². The highest BCUT2D eigenvalue weighted by molar-refractivity contribution is 5.92. The number of carbonyl (C=O) groups is 3. The first-order valence-corrected chi connectivity index (χ1v) is 32.0. The molecule has 0 amide bonds. The van der Waals surface area contributed by atoms with E-state index in [0.717, 1.165) is 51.3 Å². The number of rotatable bonds is 16. The molecule has 17 nitrogen and oxygen atoms in total. The minimum Gasteiger partial charge on any atom is -0.457 e. The van der Waals surface area contributed by atoms with E-state index in [1.165, 1.54) is 11.1 Å². The Morgan fingerprint density at radius 2 is 0.412 bits per heavy atom. The molecule has 13 aromatic rings. The summed E-state index contributed by atoms with van der Waals surface area (Å²) in [5.74, 6) is 7.35. The molecule has 0 heterocycles. The normalized spacial score (nSPS) is 10.1. The van der Waals surface area contributed by atoms with Crippen LogP contribution in [0.4, 0.5) is 34.1 Å². The van der Waals surface area contributed by atoms with Gasteiger partial charge in [-0.2, -0.15) is 0 Å². The molecule has 0 aliphatic carbocycles. The smallest absolute Gasteiger partial charge is 0.343 e. The fourth-order valence-electron chi connectivity index (χ4n) is 8.98. The number of anilines is 6. The number of esters is 3. The van der Waals surface area contributed by atoms with Crippen molar-refractivity contribution in [2.24, 2.45) is 0 Å². The van der Waals surface area contributed by atoms with Crippen molar-refractivity contribution in [3.05, 3.63) is 354 Å². The van der Waals surface area contributed by atoms with E-state index in [0.29, 0.717) is 85.4 Å². The van der Waals surface area contributed by atoms with Crippen LogP contribution in [0.3, 0.4) is 0 Å². The topological polar surface area (TPSA) is 281 Å². The van der Waals surface area contributed by atoms with Crippen molar-refractivity contribution < 1.29 is 52.3 Å². The molecule has 0 aliphatic rings. The molecule has 0 spiro atoms. The SMILES string of the molecule is Cc1ccc(C(=O)Oc2ccc(N)cc2)cc1.Cc1ccc(C(=O)Oc2ccc(OC(=O)c3ccc(N)cc3)cc2)cc1.Cc1ccc(Oc2ccc(N)cc2)cc1.Cc1cccc(Oc2ccc(Oc3ccc(N)cc3)cc2)c1.Nc1cccc(Oc2cccc(Oc3cccc(N)c3)c2)c1. The lowest BCUT2D eigenvalue weighted by Gasteiger charge is -2.09. The minimum atomic E-state index is -0.491. The molecular formula is C85H76N6O11. The quantitative estimate of drug-likeness (QED) is 0.0298. The molecule has 0 saturated carbocycles. The molecule has 17 heteroatoms. The van der Waals surface area contributed by atoms with Crippen LogP contribution >= 0.6 is 0 Å². The highest BCUT2D eigenvalue weighted by atomic mass is 16.5. The number of nitrogens with two attached hydrogens (primary N) is 6. The number of nitrogen functional groups attached to an aromatic ring is 6. The van der Waals surface area contributed by atoms with Crippen molar-refractivity contribution in [3.63, 3.8) is 0 Å². The largest absolute Gasteiger partial charge is 0.457 e. The zero-order valence-electron chi connectivity index (χ0n) is 56.5. The molecule has 0 radical (unpaired) electrons. The fourth-order valence-corrected chi connectivity index (χ4v) is 8.98. The minimum absolute atomic E-state index is 0.349. The van der Waals surface area contributed by atoms with Crippen LogP contribution in [-0.2, 0) is 0 Å². The summed E-state index contributed by atoms with van der Waals surface area (Å²) in [5, 5.41) is 0. The number of aryl methyl sites for hydroxylation is 4. The first-order valence-electron chi connectivity index (χ1n) is 32.0. The summed E-state index contributed by atoms with van der Waals surface area (Å²) in [7, 11) is 0. The number of benzene rings is 13. The Balaban J connectivity index is 0.000000150. The van der Waals surface area contributed by atoms with E-state index in [-0.39, 0.29) is 5.97 Å². The molecule has 0 atom stereocenters. The standard InChI is InChI=1S/C21H17NO4.C19H17NO2.C18H16N2O2.C14H13NO2.C13H13NO/c1-14-2-4-15(5-3-14)20(23)25-18-10-12-19(13-11-18)26-21(24)16-6-8-17(22)9-7-16;1-14-3-2-4-19(13-14)22-18-11-9-17(10-12-18)21-16-7-5-15(20)6-8-16;19-13-4-1-6-15(10-13)21-17-8-3-9-18(12-17)22-16-7-2-5-14(20)11-16;1-10-2-4-11(5-3-10)14(16)17-13-8-6-12(15)7-9-13;1-10-2-6-12(7-3-10)15-13-8-4-11(14)5-9-13/h2-13H,22H2,1H3;2-13H,20H2,1H3;1-12H,19-20H2;2-9H,15H2,1H3;2-9H,14H2,1H3. The Labute approximate surface area is 592 Å². The van der Waals surface area contributed by atoms with Crippen LogP contribution in [0.1, 0.15) is 53.3 Å². The summed E-state index contributed by atoms with van der Waals surface area (Å²) in [5.41, 5.74) is 43.8. The van der Waals surface area contributed by atoms with Gasteiger partial charge in [-0.1, -0.05) is 83.4 Å². The number of hydrogen-bond acceptors (Lipinski definition) is 17. The average molecular weight is 1360 g/mol. The van der Waals surface area contributed by atoms with Crippen LogP contribution in [0.15, 0.2) is 315 Å². The predicted molar refractivity (Wildman–Crippen MR) is 404 cm³/mol. The van der Waals surface area contributed by atoms with Gasteiger partial charge < -0.3 is 72.3 Å². The zero-order chi connectivity index (χ0) is 72.2. The van der Waals surface area contributed by atoms with Gasteiger partial charge in [0.1, 0.15) is 74.7 Å². The third-order valence-corrected chi connectivity index (χ3v) is 14.4. The Hall–Kier alpha value is -13.9. The van der Waals surface area contributed by atoms with Gasteiger partial charge in [-0.15, -0.1) is 0 Å². The molecule has 12 N–H and O–H groups in total. The summed E-state index contributed by atoms with van der Waals surface area (Å²) in [6, 6.07) is 93.8. The average Bonchev–Trinajstić information content (AvgIpc) is 0.886. The summed E-state index contributed by atoms with van der Waals surface area (Å²) >= 11 is 0. The summed E-state index contributed by atoms with van der Waals surface area (Å²) < 4.78 is 44.5. The van der Waals surface area contributed by atoms with Gasteiger partial charge in [0.15, 0.2) is 0 Å². The molecule has 0 bridgehead atoms. The van der Waals surface area contributed by atoms with Crippen molar-refractivity contribution in [2.75, 3.05) is 34.4 Å². The van der Waals surface area contributed by atoms with Crippen LogP contribution in [0, 0.1) is 27.7 Å². The molecule has 0 aromatic heterocycles. The summed E-state index contributed by atoms with van der Waals surface area (Å²) in [6.07, 6.45) is 0. The van der Waals surface area contributed by atoms with E-state index >= 15 is 0 Å². The van der Waals surface area contributed by atoms with Crippen LogP contribution in [0.5, 0.6) is 74.7 Å². The molecule has 0 fully saturated rings. The van der Waals surface area contributed by atoms with E-state index in [1.54, 1.807) is 109 Å². The van der Waals surface area contributed by atoms with Gasteiger partial charge in [-0.05, 0) is 264 Å². The maximum Gasteiger partial charge on any atom is 0.343 e. The first-order chi connectivity index (χ1) is 49.3. The van der Waals surface area contributed by atoms with Gasteiger partial charge in [0.2, 0.25) is 0 Å². The number of carbonyl (C=O) groups excluding carboxylic acids is 3. The first kappa shape index (κ1) is 72.3. The van der Waals surface area contributed by atoms with E-state index < -0.39 is 11.9 Å². The molecule has 512 valence electrons. The van der Waals surface area contributed by atoms with E-state index in [9.17, 15) is 14.4 Å². The maximum absolute atomic E-state index is 12.1. The van der Waals surface area contributed by atoms with Gasteiger partial charge in [0.05, 0.1) is 16.7 Å². The fraction of sp³-hybridized carbons (Fsp3) is 0.0471. The molecule has 13 rings (SSSR count). The lowest BCUT2D eigenvalue weighted by atomic mass is 10.1. The van der Waals surface area contributed by atoms with Crippen molar-refractivity contribution in [1.82, 2.24) is 0 Å². The van der Waals surface area contributed by atoms with Crippen LogP contribution in [-0.4, -0.2) is 17.9 Å². The predicted octanol–water partition coefficient (Wildman–Crippen LogP) is 19.8. The summed E-state index contributed by atoms with van der Waals surface area (Å²) in [4.78, 5) is 35.9. The molecule has 13 aromatic carbocycles. The van der Waals surface area contributed by atoms with Crippen molar-refractivity contribution in [2.45, 2.75) is 27.7 Å². The van der Waals surface area contributed by atoms with Crippen molar-refractivity contribution >= 4 is 52.0 Å². The number of ether oxygens (including phenoxy) is 8. The second-order valence-corrected chi connectivity index (χ2v) is 22.9. The van der Waals surface area contributed by atoms with Crippen LogP contribution in [0.2, 0.25) is 0 Å². The second-order valence-electron chi connectivity index (χ2n) is 22.9. The summed E-state index contributed by atoms with van der Waals surface area (Å²) in [6.45, 7) is 8.00. The lowest BCUT2D eigenvalue weighted by Crippen LogP contribution is -2.09. The van der Waals surface area contributed by atoms with Crippen LogP contribution in [0.25, 0.3) is 0 Å². The van der Waals surface area contributed by atoms with E-state index in [2.05, 4.69) is 0 Å². The Kier molecular flexibility index (Phi) is 25.8. The van der Waals surface area contributed by atoms with Gasteiger partial charge in [0, 0.05) is 52.3 Å². The number of hydrogen-bond donors (Lipinski definition) is 6. The lowest BCUT2D eigenvalue weighted by molar-refractivity contribution is 0.0719. The maximum atomic E-state index is 12.1. The highest BCUT2D eigenvalue weighted by Gasteiger charge is 2.13. The highest BCUT2D eigenvalue weighted by Crippen LogP contribution is 2.32.